The second-order valence-corrected chi connectivity index (χ2v) is 4.82. The lowest BCUT2D eigenvalue weighted by atomic mass is 9.95. The summed E-state index contributed by atoms with van der Waals surface area (Å²) in [6.07, 6.45) is 2.60. The van der Waals surface area contributed by atoms with Crippen molar-refractivity contribution in [2.24, 2.45) is 5.84 Å². The number of hydrogen-bond donors (Lipinski definition) is 2. The molecule has 100 valence electrons. The summed E-state index contributed by atoms with van der Waals surface area (Å²) >= 11 is 0. The Morgan fingerprint density at radius 1 is 1.16 bits per heavy atom. The molecule has 0 aliphatic rings. The van der Waals surface area contributed by atoms with E-state index < -0.39 is 0 Å². The summed E-state index contributed by atoms with van der Waals surface area (Å²) < 4.78 is 0. The lowest BCUT2D eigenvalue weighted by Gasteiger charge is -2.18. The van der Waals surface area contributed by atoms with Crippen LogP contribution in [-0.2, 0) is 6.42 Å². The van der Waals surface area contributed by atoms with Gasteiger partial charge in [0.1, 0.15) is 5.82 Å². The summed E-state index contributed by atoms with van der Waals surface area (Å²) in [5.41, 5.74) is 7.67. The van der Waals surface area contributed by atoms with Crippen molar-refractivity contribution < 1.29 is 0 Å². The highest BCUT2D eigenvalue weighted by Gasteiger charge is 2.14. The lowest BCUT2D eigenvalue weighted by Crippen LogP contribution is -2.30. The molecule has 0 fully saturated rings. The van der Waals surface area contributed by atoms with Crippen molar-refractivity contribution in [2.45, 2.75) is 33.2 Å². The molecule has 0 spiro atoms. The molecule has 0 aliphatic heterocycles. The van der Waals surface area contributed by atoms with Crippen LogP contribution >= 0.6 is 0 Å². The molecule has 0 bridgehead atoms. The van der Waals surface area contributed by atoms with Gasteiger partial charge in [0.25, 0.3) is 0 Å². The molecule has 0 aliphatic carbocycles. The molecule has 1 atom stereocenters. The third kappa shape index (κ3) is 3.16. The van der Waals surface area contributed by atoms with E-state index in [9.17, 15) is 0 Å². The maximum Gasteiger partial charge on any atom is 0.125 e. The molecule has 2 rings (SSSR count). The third-order valence-corrected chi connectivity index (χ3v) is 3.41. The van der Waals surface area contributed by atoms with E-state index in [0.717, 1.165) is 17.9 Å². The third-order valence-electron chi connectivity index (χ3n) is 3.41. The minimum absolute atomic E-state index is 0.00139. The highest BCUT2D eigenvalue weighted by atomic mass is 15.2. The predicted molar refractivity (Wildman–Crippen MR) is 76.5 cm³/mol. The van der Waals surface area contributed by atoms with Crippen LogP contribution in [0.4, 0.5) is 0 Å². The van der Waals surface area contributed by atoms with Gasteiger partial charge in [-0.15, -0.1) is 0 Å². The fourth-order valence-corrected chi connectivity index (χ4v) is 2.29. The molecule has 0 radical (unpaired) electrons. The predicted octanol–water partition coefficient (Wildman–Crippen LogP) is 2.15. The van der Waals surface area contributed by atoms with Crippen LogP contribution < -0.4 is 11.3 Å². The number of aryl methyl sites for hydroxylation is 3. The van der Waals surface area contributed by atoms with Gasteiger partial charge < -0.3 is 0 Å². The van der Waals surface area contributed by atoms with Crippen LogP contribution in [0.15, 0.2) is 30.5 Å². The summed E-state index contributed by atoms with van der Waals surface area (Å²) in [4.78, 5) is 8.57. The normalized spacial score (nSPS) is 12.4. The SMILES string of the molecule is Cc1nccc(C(Cc2c(C)cccc2C)NN)n1. The molecule has 4 nitrogen and oxygen atoms in total. The topological polar surface area (TPSA) is 63.8 Å². The summed E-state index contributed by atoms with van der Waals surface area (Å²) in [5.74, 6) is 6.46. The number of nitrogens with zero attached hydrogens (tertiary/aromatic N) is 2. The fourth-order valence-electron chi connectivity index (χ4n) is 2.29. The Morgan fingerprint density at radius 3 is 2.42 bits per heavy atom. The average Bonchev–Trinajstić information content (AvgIpc) is 2.38. The standard InChI is InChI=1S/C15H20N4/c1-10-5-4-6-11(2)13(10)9-15(19-16)14-7-8-17-12(3)18-14/h4-8,15,19H,9,16H2,1-3H3. The zero-order chi connectivity index (χ0) is 13.8. The maximum absolute atomic E-state index is 5.69. The number of nitrogens with one attached hydrogen (secondary N) is 1. The van der Waals surface area contributed by atoms with E-state index in [1.165, 1.54) is 16.7 Å². The lowest BCUT2D eigenvalue weighted by molar-refractivity contribution is 0.533. The van der Waals surface area contributed by atoms with Crippen molar-refractivity contribution in [3.63, 3.8) is 0 Å². The molecular weight excluding hydrogens is 236 g/mol. The van der Waals surface area contributed by atoms with Crippen molar-refractivity contribution in [3.05, 3.63) is 58.7 Å². The van der Waals surface area contributed by atoms with Crippen LogP contribution in [0.1, 0.15) is 34.3 Å². The number of rotatable bonds is 4. The van der Waals surface area contributed by atoms with Gasteiger partial charge in [-0.3, -0.25) is 11.3 Å². The van der Waals surface area contributed by atoms with E-state index in [2.05, 4.69) is 47.4 Å². The maximum atomic E-state index is 5.69. The Labute approximate surface area is 114 Å². The van der Waals surface area contributed by atoms with E-state index in [1.54, 1.807) is 6.20 Å². The summed E-state index contributed by atoms with van der Waals surface area (Å²) in [7, 11) is 0. The summed E-state index contributed by atoms with van der Waals surface area (Å²) in [5, 5.41) is 0. The van der Waals surface area contributed by atoms with E-state index in [0.29, 0.717) is 0 Å². The molecule has 19 heavy (non-hydrogen) atoms. The minimum Gasteiger partial charge on any atom is -0.271 e. The minimum atomic E-state index is 0.00139. The molecule has 1 heterocycles. The van der Waals surface area contributed by atoms with Gasteiger partial charge in [0.15, 0.2) is 0 Å². The second-order valence-electron chi connectivity index (χ2n) is 4.82. The average molecular weight is 256 g/mol. The Balaban J connectivity index is 2.29. The Bertz CT molecular complexity index is 546. The smallest absolute Gasteiger partial charge is 0.125 e. The van der Waals surface area contributed by atoms with Crippen LogP contribution in [-0.4, -0.2) is 9.97 Å². The van der Waals surface area contributed by atoms with Crippen LogP contribution in [0.2, 0.25) is 0 Å². The van der Waals surface area contributed by atoms with Gasteiger partial charge in [-0.2, -0.15) is 0 Å². The van der Waals surface area contributed by atoms with E-state index in [-0.39, 0.29) is 6.04 Å². The Kier molecular flexibility index (Phi) is 4.24. The first-order chi connectivity index (χ1) is 9.11. The molecule has 1 unspecified atom stereocenters. The molecule has 1 aromatic carbocycles. The first kappa shape index (κ1) is 13.6. The number of nitrogens with two attached hydrogens (primary N) is 1. The van der Waals surface area contributed by atoms with Crippen LogP contribution in [0.3, 0.4) is 0 Å². The highest BCUT2D eigenvalue weighted by Crippen LogP contribution is 2.21. The number of hydrazine groups is 1. The van der Waals surface area contributed by atoms with E-state index in [1.807, 2.05) is 13.0 Å². The number of hydrogen-bond acceptors (Lipinski definition) is 4. The van der Waals surface area contributed by atoms with Gasteiger partial charge in [0.2, 0.25) is 0 Å². The first-order valence-electron chi connectivity index (χ1n) is 6.42. The molecule has 0 amide bonds. The quantitative estimate of drug-likeness (QED) is 0.650. The van der Waals surface area contributed by atoms with Gasteiger partial charge in [-0.05, 0) is 49.9 Å². The first-order valence-corrected chi connectivity index (χ1v) is 6.42. The molecule has 2 aromatic rings. The van der Waals surface area contributed by atoms with Crippen LogP contribution in [0.25, 0.3) is 0 Å². The van der Waals surface area contributed by atoms with Crippen molar-refractivity contribution in [2.75, 3.05) is 0 Å². The Morgan fingerprint density at radius 2 is 1.84 bits per heavy atom. The largest absolute Gasteiger partial charge is 0.271 e. The summed E-state index contributed by atoms with van der Waals surface area (Å²) in [6, 6.07) is 8.24. The van der Waals surface area contributed by atoms with E-state index >= 15 is 0 Å². The number of benzene rings is 1. The number of aromatic nitrogens is 2. The molecule has 0 saturated carbocycles. The van der Waals surface area contributed by atoms with Crippen molar-refractivity contribution in [3.8, 4) is 0 Å². The van der Waals surface area contributed by atoms with Gasteiger partial charge in [0, 0.05) is 6.20 Å². The van der Waals surface area contributed by atoms with Gasteiger partial charge in [0.05, 0.1) is 11.7 Å². The molecule has 1 aromatic heterocycles. The van der Waals surface area contributed by atoms with Crippen molar-refractivity contribution in [1.82, 2.24) is 15.4 Å². The van der Waals surface area contributed by atoms with Crippen LogP contribution in [0.5, 0.6) is 0 Å². The highest BCUT2D eigenvalue weighted by molar-refractivity contribution is 5.34. The molecule has 4 heteroatoms. The van der Waals surface area contributed by atoms with Gasteiger partial charge in [-0.25, -0.2) is 9.97 Å². The molecular formula is C15H20N4. The zero-order valence-corrected chi connectivity index (χ0v) is 11.6. The monoisotopic (exact) mass is 256 g/mol. The second kappa shape index (κ2) is 5.91. The molecule has 0 saturated heterocycles. The van der Waals surface area contributed by atoms with Gasteiger partial charge >= 0.3 is 0 Å². The van der Waals surface area contributed by atoms with Crippen molar-refractivity contribution >= 4 is 0 Å². The Hall–Kier alpha value is -1.78. The zero-order valence-electron chi connectivity index (χ0n) is 11.6. The van der Waals surface area contributed by atoms with E-state index in [4.69, 9.17) is 5.84 Å². The van der Waals surface area contributed by atoms with Crippen molar-refractivity contribution in [1.29, 1.82) is 0 Å². The van der Waals surface area contributed by atoms with Gasteiger partial charge in [-0.1, -0.05) is 18.2 Å². The molecule has 3 N–H and O–H groups in total. The van der Waals surface area contributed by atoms with Crippen LogP contribution in [0, 0.1) is 20.8 Å². The summed E-state index contributed by atoms with van der Waals surface area (Å²) in [6.45, 7) is 6.14. The fraction of sp³-hybridized carbons (Fsp3) is 0.333.